The summed E-state index contributed by atoms with van der Waals surface area (Å²) >= 11 is 2.25. The predicted octanol–water partition coefficient (Wildman–Crippen LogP) is 3.64. The van der Waals surface area contributed by atoms with Gasteiger partial charge in [0.25, 0.3) is 5.91 Å². The minimum Gasteiger partial charge on any atom is -0.490 e. The number of ether oxygens (including phenoxy) is 1. The lowest BCUT2D eigenvalue weighted by molar-refractivity contribution is 0.0745. The SMILES string of the molecule is CC(C)Oc1ccc(S(C)(=O)=O)cc1C(=O)N1Cc2ccc(I)cc2C1. The first kappa shape index (κ1) is 19.2. The van der Waals surface area contributed by atoms with E-state index in [1.54, 1.807) is 11.0 Å². The maximum absolute atomic E-state index is 13.1. The smallest absolute Gasteiger partial charge is 0.258 e. The third-order valence-corrected chi connectivity index (χ3v) is 5.93. The molecule has 1 heterocycles. The first-order valence-electron chi connectivity index (χ1n) is 8.22. The zero-order valence-electron chi connectivity index (χ0n) is 14.8. The van der Waals surface area contributed by atoms with E-state index in [1.165, 1.54) is 12.1 Å². The molecule has 1 aliphatic rings. The summed E-state index contributed by atoms with van der Waals surface area (Å²) in [6, 6.07) is 10.6. The molecule has 2 aromatic rings. The Morgan fingerprint density at radius 3 is 2.46 bits per heavy atom. The van der Waals surface area contributed by atoms with Crippen LogP contribution in [0.3, 0.4) is 0 Å². The number of hydrogen-bond donors (Lipinski definition) is 0. The zero-order valence-corrected chi connectivity index (χ0v) is 17.8. The first-order valence-corrected chi connectivity index (χ1v) is 11.2. The van der Waals surface area contributed by atoms with E-state index < -0.39 is 9.84 Å². The van der Waals surface area contributed by atoms with E-state index >= 15 is 0 Å². The largest absolute Gasteiger partial charge is 0.490 e. The van der Waals surface area contributed by atoms with Crippen molar-refractivity contribution in [3.05, 3.63) is 56.7 Å². The van der Waals surface area contributed by atoms with Gasteiger partial charge in [-0.1, -0.05) is 6.07 Å². The van der Waals surface area contributed by atoms with Gasteiger partial charge in [-0.3, -0.25) is 4.79 Å². The highest BCUT2D eigenvalue weighted by molar-refractivity contribution is 14.1. The highest BCUT2D eigenvalue weighted by atomic mass is 127. The maximum atomic E-state index is 13.1. The van der Waals surface area contributed by atoms with Crippen LogP contribution in [0.25, 0.3) is 0 Å². The Labute approximate surface area is 167 Å². The molecule has 0 unspecified atom stereocenters. The summed E-state index contributed by atoms with van der Waals surface area (Å²) in [5, 5.41) is 0. The van der Waals surface area contributed by atoms with Crippen molar-refractivity contribution in [1.82, 2.24) is 4.90 Å². The Hall–Kier alpha value is -1.61. The van der Waals surface area contributed by atoms with Gasteiger partial charge in [-0.05, 0) is 77.9 Å². The van der Waals surface area contributed by atoms with Crippen LogP contribution in [0.5, 0.6) is 5.75 Å². The van der Waals surface area contributed by atoms with Gasteiger partial charge in [0.05, 0.1) is 16.6 Å². The van der Waals surface area contributed by atoms with Crippen LogP contribution >= 0.6 is 22.6 Å². The molecule has 0 aromatic heterocycles. The van der Waals surface area contributed by atoms with Gasteiger partial charge in [0, 0.05) is 22.9 Å². The van der Waals surface area contributed by atoms with E-state index in [9.17, 15) is 13.2 Å². The number of sulfone groups is 1. The zero-order chi connectivity index (χ0) is 19.1. The Bertz CT molecular complexity index is 969. The Morgan fingerprint density at radius 1 is 1.12 bits per heavy atom. The van der Waals surface area contributed by atoms with Crippen LogP contribution in [0.2, 0.25) is 0 Å². The summed E-state index contributed by atoms with van der Waals surface area (Å²) in [6.07, 6.45) is 1.01. The van der Waals surface area contributed by atoms with Crippen molar-refractivity contribution in [3.8, 4) is 5.75 Å². The first-order chi connectivity index (χ1) is 12.1. The molecule has 5 nitrogen and oxygen atoms in total. The van der Waals surface area contributed by atoms with Crippen molar-refractivity contribution < 1.29 is 17.9 Å². The molecule has 3 rings (SSSR count). The van der Waals surface area contributed by atoms with Crippen LogP contribution in [0, 0.1) is 3.57 Å². The number of halogens is 1. The van der Waals surface area contributed by atoms with E-state index in [4.69, 9.17) is 4.74 Å². The van der Waals surface area contributed by atoms with E-state index in [1.807, 2.05) is 26.0 Å². The minimum atomic E-state index is -3.41. The normalized spacial score (nSPS) is 13.8. The van der Waals surface area contributed by atoms with Crippen molar-refractivity contribution in [2.45, 2.75) is 37.9 Å². The van der Waals surface area contributed by atoms with Gasteiger partial charge in [-0.25, -0.2) is 8.42 Å². The number of benzene rings is 2. The summed E-state index contributed by atoms with van der Waals surface area (Å²) < 4.78 is 30.7. The van der Waals surface area contributed by atoms with Gasteiger partial charge >= 0.3 is 0 Å². The molecule has 2 aromatic carbocycles. The van der Waals surface area contributed by atoms with E-state index in [-0.39, 0.29) is 22.5 Å². The molecular formula is C19H20INO4S. The van der Waals surface area contributed by atoms with Crippen LogP contribution in [-0.2, 0) is 22.9 Å². The predicted molar refractivity (Wildman–Crippen MR) is 108 cm³/mol. The van der Waals surface area contributed by atoms with Crippen LogP contribution in [0.4, 0.5) is 0 Å². The number of nitrogens with zero attached hydrogens (tertiary/aromatic N) is 1. The van der Waals surface area contributed by atoms with Gasteiger partial charge < -0.3 is 9.64 Å². The monoisotopic (exact) mass is 485 g/mol. The van der Waals surface area contributed by atoms with Crippen LogP contribution in [0.15, 0.2) is 41.3 Å². The van der Waals surface area contributed by atoms with Gasteiger partial charge in [0.1, 0.15) is 5.75 Å². The molecule has 0 atom stereocenters. The van der Waals surface area contributed by atoms with Crippen molar-refractivity contribution in [2.75, 3.05) is 6.26 Å². The molecule has 0 saturated carbocycles. The standard InChI is InChI=1S/C19H20INO4S/c1-12(2)25-18-7-6-16(26(3,23)24)9-17(18)19(22)21-10-13-4-5-15(20)8-14(13)11-21/h4-9,12H,10-11H2,1-3H3. The van der Waals surface area contributed by atoms with Crippen molar-refractivity contribution in [2.24, 2.45) is 0 Å². The molecular weight excluding hydrogens is 465 g/mol. The maximum Gasteiger partial charge on any atom is 0.258 e. The number of carbonyl (C=O) groups excluding carboxylic acids is 1. The number of carbonyl (C=O) groups is 1. The van der Waals surface area contributed by atoms with Gasteiger partial charge in [-0.15, -0.1) is 0 Å². The van der Waals surface area contributed by atoms with Crippen LogP contribution in [0.1, 0.15) is 35.3 Å². The Balaban J connectivity index is 1.97. The van der Waals surface area contributed by atoms with Gasteiger partial charge in [-0.2, -0.15) is 0 Å². The van der Waals surface area contributed by atoms with Crippen molar-refractivity contribution >= 4 is 38.3 Å². The summed E-state index contributed by atoms with van der Waals surface area (Å²) in [7, 11) is -3.41. The number of hydrogen-bond acceptors (Lipinski definition) is 4. The third kappa shape index (κ3) is 4.03. The fourth-order valence-corrected chi connectivity index (χ4v) is 4.14. The molecule has 0 spiro atoms. The molecule has 26 heavy (non-hydrogen) atoms. The fraction of sp³-hybridized carbons (Fsp3) is 0.316. The quantitative estimate of drug-likeness (QED) is 0.621. The third-order valence-electron chi connectivity index (χ3n) is 4.15. The molecule has 1 amide bonds. The Kier molecular flexibility index (Phi) is 5.30. The lowest BCUT2D eigenvalue weighted by Crippen LogP contribution is -2.26. The van der Waals surface area contributed by atoms with Crippen molar-refractivity contribution in [1.29, 1.82) is 0 Å². The topological polar surface area (TPSA) is 63.7 Å². The summed E-state index contributed by atoms with van der Waals surface area (Å²) in [5.74, 6) is 0.181. The van der Waals surface area contributed by atoms with Gasteiger partial charge in [0.2, 0.25) is 0 Å². The second-order valence-corrected chi connectivity index (χ2v) is 9.93. The Morgan fingerprint density at radius 2 is 1.81 bits per heavy atom. The second-order valence-electron chi connectivity index (χ2n) is 6.67. The molecule has 1 aliphatic heterocycles. The molecule has 0 fully saturated rings. The molecule has 0 radical (unpaired) electrons. The number of amides is 1. The molecule has 138 valence electrons. The molecule has 0 N–H and O–H groups in total. The van der Waals surface area contributed by atoms with Gasteiger partial charge in [0.15, 0.2) is 9.84 Å². The lowest BCUT2D eigenvalue weighted by atomic mass is 10.1. The summed E-state index contributed by atoms with van der Waals surface area (Å²) in [5.41, 5.74) is 2.52. The molecule has 0 bridgehead atoms. The molecule has 0 aliphatic carbocycles. The second kappa shape index (κ2) is 7.19. The van der Waals surface area contributed by atoms with E-state index in [2.05, 4.69) is 28.7 Å². The number of rotatable bonds is 4. The summed E-state index contributed by atoms with van der Waals surface area (Å²) in [4.78, 5) is 15.0. The van der Waals surface area contributed by atoms with E-state index in [0.29, 0.717) is 18.8 Å². The average Bonchev–Trinajstić information content (AvgIpc) is 2.96. The average molecular weight is 485 g/mol. The highest BCUT2D eigenvalue weighted by Gasteiger charge is 2.27. The fourth-order valence-electron chi connectivity index (χ4n) is 2.94. The van der Waals surface area contributed by atoms with Crippen LogP contribution < -0.4 is 4.74 Å². The molecule has 0 saturated heterocycles. The number of fused-ring (bicyclic) bond motifs is 1. The lowest BCUT2D eigenvalue weighted by Gasteiger charge is -2.20. The molecule has 7 heteroatoms. The van der Waals surface area contributed by atoms with E-state index in [0.717, 1.165) is 21.0 Å². The summed E-state index contributed by atoms with van der Waals surface area (Å²) in [6.45, 7) is 4.75. The van der Waals surface area contributed by atoms with Crippen LogP contribution in [-0.4, -0.2) is 31.6 Å². The van der Waals surface area contributed by atoms with Crippen molar-refractivity contribution in [3.63, 3.8) is 0 Å². The highest BCUT2D eigenvalue weighted by Crippen LogP contribution is 2.30. The minimum absolute atomic E-state index is 0.114.